The van der Waals surface area contributed by atoms with Gasteiger partial charge in [0.2, 0.25) is 0 Å². The topological polar surface area (TPSA) is 56.6 Å². The van der Waals surface area contributed by atoms with E-state index in [0.717, 1.165) is 35.3 Å². The van der Waals surface area contributed by atoms with Crippen LogP contribution in [0.3, 0.4) is 0 Å². The van der Waals surface area contributed by atoms with Gasteiger partial charge in [0.05, 0.1) is 17.6 Å². The number of hydrogen-bond donors (Lipinski definition) is 0. The molecular formula is C31H32FN3O3. The van der Waals surface area contributed by atoms with Gasteiger partial charge in [-0.1, -0.05) is 54.6 Å². The van der Waals surface area contributed by atoms with Crippen molar-refractivity contribution >= 4 is 6.16 Å². The van der Waals surface area contributed by atoms with Crippen LogP contribution in [0.1, 0.15) is 39.2 Å². The van der Waals surface area contributed by atoms with Gasteiger partial charge in [0, 0.05) is 24.2 Å². The van der Waals surface area contributed by atoms with Gasteiger partial charge in [-0.05, 0) is 69.0 Å². The molecule has 3 aromatic carbocycles. The largest absolute Gasteiger partial charge is 0.510 e. The van der Waals surface area contributed by atoms with Gasteiger partial charge in [-0.3, -0.25) is 4.90 Å². The molecule has 5 rings (SSSR count). The van der Waals surface area contributed by atoms with Crippen molar-refractivity contribution < 1.29 is 18.7 Å². The number of likely N-dealkylation sites (tertiary alicyclic amines) is 1. The highest BCUT2D eigenvalue weighted by atomic mass is 19.1. The highest BCUT2D eigenvalue weighted by Gasteiger charge is 2.31. The van der Waals surface area contributed by atoms with Crippen LogP contribution >= 0.6 is 0 Å². The maximum atomic E-state index is 15.1. The number of halogens is 1. The molecule has 4 aromatic rings. The zero-order valence-electron chi connectivity index (χ0n) is 21.9. The smallest absolute Gasteiger partial charge is 0.429 e. The van der Waals surface area contributed by atoms with Crippen LogP contribution in [0, 0.1) is 5.82 Å². The van der Waals surface area contributed by atoms with E-state index in [4.69, 9.17) is 9.47 Å². The molecule has 6 nitrogen and oxygen atoms in total. The van der Waals surface area contributed by atoms with E-state index in [0.29, 0.717) is 24.2 Å². The van der Waals surface area contributed by atoms with Crippen molar-refractivity contribution in [3.05, 3.63) is 96.4 Å². The predicted molar refractivity (Wildman–Crippen MR) is 145 cm³/mol. The Balaban J connectivity index is 1.45. The van der Waals surface area contributed by atoms with Gasteiger partial charge in [-0.15, -0.1) is 0 Å². The molecule has 1 atom stereocenters. The number of benzene rings is 3. The van der Waals surface area contributed by atoms with E-state index in [-0.39, 0.29) is 5.82 Å². The number of ether oxygens (including phenoxy) is 2. The standard InChI is InChI=1S/C31H32FN3O3/c1-31(2,3)38-30(36)37-28-14-9-19-34(28)21-24-20-33-35(29(24)26-12-7-8-13-27(26)32)25-17-15-23(16-18-25)22-10-5-4-6-11-22/h4-8,10-13,15-18,20,28H,9,14,19,21H2,1-3H3. The van der Waals surface area contributed by atoms with Gasteiger partial charge in [0.15, 0.2) is 6.23 Å². The third-order valence-electron chi connectivity index (χ3n) is 6.49. The second kappa shape index (κ2) is 10.8. The average Bonchev–Trinajstić information content (AvgIpc) is 3.51. The molecule has 0 saturated carbocycles. The molecule has 1 unspecified atom stereocenters. The quantitative estimate of drug-likeness (QED) is 0.255. The van der Waals surface area contributed by atoms with Gasteiger partial charge in [0.25, 0.3) is 0 Å². The van der Waals surface area contributed by atoms with Crippen molar-refractivity contribution in [1.29, 1.82) is 0 Å². The number of nitrogens with zero attached hydrogens (tertiary/aromatic N) is 3. The van der Waals surface area contributed by atoms with E-state index in [2.05, 4.69) is 22.1 Å². The van der Waals surface area contributed by atoms with E-state index < -0.39 is 18.0 Å². The van der Waals surface area contributed by atoms with Crippen LogP contribution in [0.25, 0.3) is 28.1 Å². The van der Waals surface area contributed by atoms with Crippen molar-refractivity contribution in [1.82, 2.24) is 14.7 Å². The summed E-state index contributed by atoms with van der Waals surface area (Å²) in [6.07, 6.45) is 2.28. The number of carbonyl (C=O) groups is 1. The normalized spacial score (nSPS) is 15.9. The molecule has 0 spiro atoms. The number of aromatic nitrogens is 2. The van der Waals surface area contributed by atoms with Crippen molar-refractivity contribution in [3.8, 4) is 28.1 Å². The molecule has 1 aromatic heterocycles. The molecular weight excluding hydrogens is 481 g/mol. The lowest BCUT2D eigenvalue weighted by molar-refractivity contribution is -0.0615. The fourth-order valence-electron chi connectivity index (χ4n) is 4.77. The Morgan fingerprint density at radius 3 is 2.37 bits per heavy atom. The summed E-state index contributed by atoms with van der Waals surface area (Å²) >= 11 is 0. The molecule has 1 saturated heterocycles. The zero-order valence-corrected chi connectivity index (χ0v) is 21.9. The summed E-state index contributed by atoms with van der Waals surface area (Å²) < 4.78 is 27.9. The van der Waals surface area contributed by atoms with E-state index in [1.54, 1.807) is 23.0 Å². The van der Waals surface area contributed by atoms with Gasteiger partial charge in [-0.25, -0.2) is 13.9 Å². The Kier molecular flexibility index (Phi) is 7.29. The monoisotopic (exact) mass is 513 g/mol. The summed E-state index contributed by atoms with van der Waals surface area (Å²) in [7, 11) is 0. The molecule has 196 valence electrons. The molecule has 2 heterocycles. The SMILES string of the molecule is CC(C)(C)OC(=O)OC1CCCN1Cc1cnn(-c2ccc(-c3ccccc3)cc2)c1-c1ccccc1F. The van der Waals surface area contributed by atoms with Crippen LogP contribution in [0.2, 0.25) is 0 Å². The minimum atomic E-state index is -0.682. The van der Waals surface area contributed by atoms with Crippen molar-refractivity contribution in [2.75, 3.05) is 6.54 Å². The van der Waals surface area contributed by atoms with Crippen LogP contribution in [0.15, 0.2) is 85.1 Å². The molecule has 1 aliphatic rings. The second-order valence-electron chi connectivity index (χ2n) is 10.5. The van der Waals surface area contributed by atoms with E-state index in [1.807, 2.05) is 69.3 Å². The molecule has 0 amide bonds. The number of hydrogen-bond acceptors (Lipinski definition) is 5. The summed E-state index contributed by atoms with van der Waals surface area (Å²) in [5.74, 6) is -0.320. The molecule has 38 heavy (non-hydrogen) atoms. The van der Waals surface area contributed by atoms with Crippen molar-refractivity contribution in [2.45, 2.75) is 52.0 Å². The fraction of sp³-hybridized carbons (Fsp3) is 0.290. The molecule has 1 fully saturated rings. The molecule has 0 radical (unpaired) electrons. The molecule has 0 N–H and O–H groups in total. The van der Waals surface area contributed by atoms with Crippen LogP contribution in [-0.4, -0.2) is 39.2 Å². The third-order valence-corrected chi connectivity index (χ3v) is 6.49. The number of rotatable bonds is 6. The van der Waals surface area contributed by atoms with Crippen molar-refractivity contribution in [3.63, 3.8) is 0 Å². The summed E-state index contributed by atoms with van der Waals surface area (Å²) in [5, 5.41) is 4.67. The van der Waals surface area contributed by atoms with Crippen LogP contribution in [0.4, 0.5) is 9.18 Å². The first kappa shape index (κ1) is 25.7. The van der Waals surface area contributed by atoms with Crippen LogP contribution in [-0.2, 0) is 16.0 Å². The van der Waals surface area contributed by atoms with Gasteiger partial charge >= 0.3 is 6.16 Å². The Labute approximate surface area is 222 Å². The molecule has 0 bridgehead atoms. The number of carbonyl (C=O) groups excluding carboxylic acids is 1. The van der Waals surface area contributed by atoms with E-state index in [1.165, 1.54) is 6.07 Å². The van der Waals surface area contributed by atoms with Gasteiger partial charge in [0.1, 0.15) is 11.4 Å². The summed E-state index contributed by atoms with van der Waals surface area (Å²) in [5.41, 5.74) is 4.41. The maximum absolute atomic E-state index is 15.1. The Hall–Kier alpha value is -3.97. The fourth-order valence-corrected chi connectivity index (χ4v) is 4.77. The van der Waals surface area contributed by atoms with E-state index >= 15 is 4.39 Å². The van der Waals surface area contributed by atoms with Crippen LogP contribution in [0.5, 0.6) is 0 Å². The summed E-state index contributed by atoms with van der Waals surface area (Å²) in [6.45, 7) is 6.63. The highest BCUT2D eigenvalue weighted by Crippen LogP contribution is 2.32. The Bertz CT molecular complexity index is 1390. The Morgan fingerprint density at radius 2 is 1.66 bits per heavy atom. The van der Waals surface area contributed by atoms with Gasteiger partial charge in [-0.2, -0.15) is 5.10 Å². The van der Waals surface area contributed by atoms with Crippen molar-refractivity contribution in [2.24, 2.45) is 0 Å². The molecule has 0 aliphatic carbocycles. The highest BCUT2D eigenvalue weighted by molar-refractivity contribution is 5.68. The lowest BCUT2D eigenvalue weighted by atomic mass is 10.0. The second-order valence-corrected chi connectivity index (χ2v) is 10.5. The molecule has 7 heteroatoms. The third kappa shape index (κ3) is 5.78. The van der Waals surface area contributed by atoms with Gasteiger partial charge < -0.3 is 9.47 Å². The summed E-state index contributed by atoms with van der Waals surface area (Å²) in [6, 6.07) is 25.0. The first-order valence-electron chi connectivity index (χ1n) is 12.9. The molecule has 1 aliphatic heterocycles. The first-order chi connectivity index (χ1) is 18.3. The van der Waals surface area contributed by atoms with Crippen LogP contribution < -0.4 is 0 Å². The minimum absolute atomic E-state index is 0.320. The van der Waals surface area contributed by atoms with E-state index in [9.17, 15) is 4.79 Å². The predicted octanol–water partition coefficient (Wildman–Crippen LogP) is 7.22. The lowest BCUT2D eigenvalue weighted by Crippen LogP contribution is -2.35. The minimum Gasteiger partial charge on any atom is -0.429 e. The zero-order chi connectivity index (χ0) is 26.7. The Morgan fingerprint density at radius 1 is 0.974 bits per heavy atom. The average molecular weight is 514 g/mol. The maximum Gasteiger partial charge on any atom is 0.510 e. The summed E-state index contributed by atoms with van der Waals surface area (Å²) in [4.78, 5) is 14.4. The first-order valence-corrected chi connectivity index (χ1v) is 12.9. The lowest BCUT2D eigenvalue weighted by Gasteiger charge is -2.26.